The zero-order valence-corrected chi connectivity index (χ0v) is 11.8. The highest BCUT2D eigenvalue weighted by Crippen LogP contribution is 2.20. The summed E-state index contributed by atoms with van der Waals surface area (Å²) in [6, 6.07) is 8.16. The van der Waals surface area contributed by atoms with Gasteiger partial charge in [-0.3, -0.25) is 4.68 Å². The first-order chi connectivity index (χ1) is 9.13. The number of nitrogens with zero attached hydrogens (tertiary/aromatic N) is 2. The molecule has 0 unspecified atom stereocenters. The first-order valence-electron chi connectivity index (χ1n) is 6.58. The molecule has 0 fully saturated rings. The van der Waals surface area contributed by atoms with E-state index in [0.29, 0.717) is 13.2 Å². The molecule has 0 aliphatic heterocycles. The molecule has 4 heteroatoms. The van der Waals surface area contributed by atoms with E-state index in [1.807, 2.05) is 36.9 Å². The quantitative estimate of drug-likeness (QED) is 0.896. The third kappa shape index (κ3) is 3.15. The number of rotatable bonds is 5. The van der Waals surface area contributed by atoms with E-state index in [1.165, 1.54) is 0 Å². The van der Waals surface area contributed by atoms with E-state index in [0.717, 1.165) is 34.7 Å². The van der Waals surface area contributed by atoms with Crippen molar-refractivity contribution >= 4 is 0 Å². The van der Waals surface area contributed by atoms with Gasteiger partial charge in [0, 0.05) is 13.6 Å². The molecule has 19 heavy (non-hydrogen) atoms. The van der Waals surface area contributed by atoms with Crippen LogP contribution in [-0.2, 0) is 26.6 Å². The molecule has 1 aromatic carbocycles. The standard InChI is InChI=1S/C15H21N3O/c1-4-13-8-14(18(3)17-13)10-19-15-7-12(9-16)6-5-11(15)2/h5-8H,4,9-10,16H2,1-3H3. The van der Waals surface area contributed by atoms with E-state index in [2.05, 4.69) is 18.1 Å². The van der Waals surface area contributed by atoms with Crippen molar-refractivity contribution in [3.05, 3.63) is 46.8 Å². The summed E-state index contributed by atoms with van der Waals surface area (Å²) in [6.07, 6.45) is 0.940. The lowest BCUT2D eigenvalue weighted by atomic mass is 10.1. The number of ether oxygens (including phenoxy) is 1. The Labute approximate surface area is 114 Å². The second kappa shape index (κ2) is 5.89. The highest BCUT2D eigenvalue weighted by Gasteiger charge is 2.06. The molecule has 0 saturated carbocycles. The van der Waals surface area contributed by atoms with Gasteiger partial charge >= 0.3 is 0 Å². The Morgan fingerprint density at radius 3 is 2.74 bits per heavy atom. The van der Waals surface area contributed by atoms with Crippen molar-refractivity contribution in [3.63, 3.8) is 0 Å². The molecule has 1 aromatic heterocycles. The summed E-state index contributed by atoms with van der Waals surface area (Å²) in [5, 5.41) is 4.41. The van der Waals surface area contributed by atoms with Crippen LogP contribution in [0.4, 0.5) is 0 Å². The van der Waals surface area contributed by atoms with Crippen molar-refractivity contribution in [1.82, 2.24) is 9.78 Å². The number of benzene rings is 1. The normalized spacial score (nSPS) is 10.7. The van der Waals surface area contributed by atoms with E-state index in [9.17, 15) is 0 Å². The molecular weight excluding hydrogens is 238 g/mol. The van der Waals surface area contributed by atoms with Crippen LogP contribution < -0.4 is 10.5 Å². The van der Waals surface area contributed by atoms with Gasteiger partial charge in [0.05, 0.1) is 11.4 Å². The third-order valence-corrected chi connectivity index (χ3v) is 3.25. The minimum Gasteiger partial charge on any atom is -0.487 e. The van der Waals surface area contributed by atoms with Crippen LogP contribution in [0.5, 0.6) is 5.75 Å². The Kier molecular flexibility index (Phi) is 4.22. The summed E-state index contributed by atoms with van der Waals surface area (Å²) in [5.74, 6) is 0.891. The lowest BCUT2D eigenvalue weighted by Gasteiger charge is -2.10. The first kappa shape index (κ1) is 13.6. The Balaban J connectivity index is 2.11. The molecule has 102 valence electrons. The predicted molar refractivity (Wildman–Crippen MR) is 76.0 cm³/mol. The van der Waals surface area contributed by atoms with Crippen molar-refractivity contribution < 1.29 is 4.74 Å². The molecule has 2 N–H and O–H groups in total. The van der Waals surface area contributed by atoms with E-state index in [-0.39, 0.29) is 0 Å². The molecule has 0 aliphatic carbocycles. The van der Waals surface area contributed by atoms with Crippen LogP contribution in [0.1, 0.15) is 29.4 Å². The van der Waals surface area contributed by atoms with Crippen molar-refractivity contribution in [3.8, 4) is 5.75 Å². The van der Waals surface area contributed by atoms with Crippen LogP contribution in [-0.4, -0.2) is 9.78 Å². The fourth-order valence-electron chi connectivity index (χ4n) is 1.96. The zero-order chi connectivity index (χ0) is 13.8. The minimum absolute atomic E-state index is 0.526. The predicted octanol–water partition coefficient (Wildman–Crippen LogP) is 2.33. The monoisotopic (exact) mass is 259 g/mol. The molecule has 0 saturated heterocycles. The number of aryl methyl sites for hydroxylation is 3. The molecule has 0 radical (unpaired) electrons. The van der Waals surface area contributed by atoms with Crippen molar-refractivity contribution in [1.29, 1.82) is 0 Å². The lowest BCUT2D eigenvalue weighted by Crippen LogP contribution is -2.04. The molecule has 4 nitrogen and oxygen atoms in total. The van der Waals surface area contributed by atoms with Crippen molar-refractivity contribution in [2.75, 3.05) is 0 Å². The van der Waals surface area contributed by atoms with Gasteiger partial charge in [0.1, 0.15) is 12.4 Å². The van der Waals surface area contributed by atoms with Gasteiger partial charge in [-0.2, -0.15) is 5.10 Å². The Bertz CT molecular complexity index is 561. The summed E-state index contributed by atoms with van der Waals surface area (Å²) < 4.78 is 7.76. The number of aromatic nitrogens is 2. The van der Waals surface area contributed by atoms with Crippen LogP contribution in [0, 0.1) is 6.92 Å². The molecule has 0 atom stereocenters. The fraction of sp³-hybridized carbons (Fsp3) is 0.400. The average molecular weight is 259 g/mol. The molecule has 0 aliphatic rings. The average Bonchev–Trinajstić information content (AvgIpc) is 2.78. The molecule has 2 aromatic rings. The maximum Gasteiger partial charge on any atom is 0.130 e. The van der Waals surface area contributed by atoms with Gasteiger partial charge in [0.25, 0.3) is 0 Å². The molecule has 2 rings (SSSR count). The largest absolute Gasteiger partial charge is 0.487 e. The highest BCUT2D eigenvalue weighted by molar-refractivity contribution is 5.36. The summed E-state index contributed by atoms with van der Waals surface area (Å²) in [4.78, 5) is 0. The van der Waals surface area contributed by atoms with Crippen molar-refractivity contribution in [2.45, 2.75) is 33.4 Å². The maximum atomic E-state index is 5.89. The highest BCUT2D eigenvalue weighted by atomic mass is 16.5. The zero-order valence-electron chi connectivity index (χ0n) is 11.8. The van der Waals surface area contributed by atoms with Crippen LogP contribution in [0.15, 0.2) is 24.3 Å². The summed E-state index contributed by atoms with van der Waals surface area (Å²) in [7, 11) is 1.95. The van der Waals surface area contributed by atoms with Gasteiger partial charge in [0.15, 0.2) is 0 Å². The smallest absolute Gasteiger partial charge is 0.130 e. The number of hydrogen-bond donors (Lipinski definition) is 1. The molecule has 0 spiro atoms. The van der Waals surface area contributed by atoms with Crippen molar-refractivity contribution in [2.24, 2.45) is 12.8 Å². The fourth-order valence-corrected chi connectivity index (χ4v) is 1.96. The summed E-state index contributed by atoms with van der Waals surface area (Å²) in [6.45, 7) is 5.19. The van der Waals surface area contributed by atoms with Gasteiger partial charge in [-0.05, 0) is 36.6 Å². The van der Waals surface area contributed by atoms with Gasteiger partial charge < -0.3 is 10.5 Å². The van der Waals surface area contributed by atoms with Crippen LogP contribution in [0.25, 0.3) is 0 Å². The van der Waals surface area contributed by atoms with Crippen LogP contribution >= 0.6 is 0 Å². The number of hydrogen-bond acceptors (Lipinski definition) is 3. The van der Waals surface area contributed by atoms with Gasteiger partial charge in [-0.1, -0.05) is 19.1 Å². The Morgan fingerprint density at radius 2 is 2.11 bits per heavy atom. The topological polar surface area (TPSA) is 53.1 Å². The SMILES string of the molecule is CCc1cc(COc2cc(CN)ccc2C)n(C)n1. The van der Waals surface area contributed by atoms with E-state index in [1.54, 1.807) is 0 Å². The molecular formula is C15H21N3O. The maximum absolute atomic E-state index is 5.89. The van der Waals surface area contributed by atoms with E-state index < -0.39 is 0 Å². The van der Waals surface area contributed by atoms with Crippen LogP contribution in [0.3, 0.4) is 0 Å². The summed E-state index contributed by atoms with van der Waals surface area (Å²) >= 11 is 0. The minimum atomic E-state index is 0.526. The lowest BCUT2D eigenvalue weighted by molar-refractivity contribution is 0.292. The molecule has 0 bridgehead atoms. The van der Waals surface area contributed by atoms with Gasteiger partial charge in [-0.25, -0.2) is 0 Å². The number of nitrogens with two attached hydrogens (primary N) is 1. The summed E-state index contributed by atoms with van der Waals surface area (Å²) in [5.41, 5.74) is 10.0. The molecule has 1 heterocycles. The Morgan fingerprint density at radius 1 is 1.32 bits per heavy atom. The first-order valence-corrected chi connectivity index (χ1v) is 6.58. The Hall–Kier alpha value is -1.81. The van der Waals surface area contributed by atoms with Gasteiger partial charge in [0.2, 0.25) is 0 Å². The van der Waals surface area contributed by atoms with Crippen LogP contribution in [0.2, 0.25) is 0 Å². The molecule has 0 amide bonds. The van der Waals surface area contributed by atoms with E-state index >= 15 is 0 Å². The second-order valence-corrected chi connectivity index (χ2v) is 4.70. The van der Waals surface area contributed by atoms with E-state index in [4.69, 9.17) is 10.5 Å². The second-order valence-electron chi connectivity index (χ2n) is 4.70. The van der Waals surface area contributed by atoms with Gasteiger partial charge in [-0.15, -0.1) is 0 Å². The third-order valence-electron chi connectivity index (χ3n) is 3.25.